The molecule has 0 bridgehead atoms. The molecule has 1 aliphatic heterocycles. The van der Waals surface area contributed by atoms with Crippen molar-refractivity contribution in [3.63, 3.8) is 0 Å². The highest BCUT2D eigenvalue weighted by atomic mass is 19.1. The molecule has 2 fully saturated rings. The molecule has 1 N–H and O–H groups in total. The van der Waals surface area contributed by atoms with E-state index in [4.69, 9.17) is 0 Å². The molecule has 1 aliphatic carbocycles. The molecule has 1 aromatic carbocycles. The van der Waals surface area contributed by atoms with Gasteiger partial charge in [0.05, 0.1) is 6.54 Å². The Morgan fingerprint density at radius 2 is 2.17 bits per heavy atom. The Kier molecular flexibility index (Phi) is 3.70. The highest BCUT2D eigenvalue weighted by Crippen LogP contribution is 2.30. The number of nitrogens with one attached hydrogen (secondary N) is 1. The quantitative estimate of drug-likeness (QED) is 0.882. The molecule has 1 saturated carbocycles. The first-order chi connectivity index (χ1) is 11.1. The molecule has 0 radical (unpaired) electrons. The molecule has 1 aromatic heterocycles. The van der Waals surface area contributed by atoms with Crippen LogP contribution in [0.25, 0.3) is 10.9 Å². The van der Waals surface area contributed by atoms with Gasteiger partial charge >= 0.3 is 0 Å². The van der Waals surface area contributed by atoms with E-state index < -0.39 is 0 Å². The third-order valence-electron chi connectivity index (χ3n) is 5.09. The molecule has 4 nitrogen and oxygen atoms in total. The maximum absolute atomic E-state index is 13.5. The van der Waals surface area contributed by atoms with Crippen LogP contribution in [0.1, 0.15) is 30.1 Å². The van der Waals surface area contributed by atoms with Crippen LogP contribution in [0, 0.1) is 5.82 Å². The van der Waals surface area contributed by atoms with Crippen molar-refractivity contribution in [1.29, 1.82) is 0 Å². The van der Waals surface area contributed by atoms with Gasteiger partial charge in [-0.3, -0.25) is 14.6 Å². The third-order valence-corrected chi connectivity index (χ3v) is 5.09. The molecule has 2 aliphatic rings. The topological polar surface area (TPSA) is 39.3 Å². The molecule has 1 atom stereocenters. The number of piperazine rings is 1. The van der Waals surface area contributed by atoms with E-state index in [9.17, 15) is 9.18 Å². The number of aromatic nitrogens is 1. The zero-order valence-corrected chi connectivity index (χ0v) is 13.4. The van der Waals surface area contributed by atoms with Crippen molar-refractivity contribution in [2.75, 3.05) is 26.2 Å². The first-order valence-corrected chi connectivity index (χ1v) is 8.40. The van der Waals surface area contributed by atoms with Crippen LogP contribution in [0.15, 0.2) is 24.4 Å². The normalized spacial score (nSPS) is 23.5. The summed E-state index contributed by atoms with van der Waals surface area (Å²) in [6.45, 7) is 5.56. The second kappa shape index (κ2) is 5.73. The van der Waals surface area contributed by atoms with E-state index >= 15 is 0 Å². The smallest absolute Gasteiger partial charge is 0.178 e. The minimum atomic E-state index is -0.308. The minimum Gasteiger partial charge on any atom is -0.360 e. The average Bonchev–Trinajstić information content (AvgIpc) is 3.26. The lowest BCUT2D eigenvalue weighted by Gasteiger charge is -2.39. The van der Waals surface area contributed by atoms with Crippen molar-refractivity contribution >= 4 is 16.7 Å². The fraction of sp³-hybridized carbons (Fsp3) is 0.500. The van der Waals surface area contributed by atoms with Gasteiger partial charge in [0.2, 0.25) is 0 Å². The summed E-state index contributed by atoms with van der Waals surface area (Å²) in [6.07, 6.45) is 4.35. The molecule has 0 spiro atoms. The van der Waals surface area contributed by atoms with E-state index in [-0.39, 0.29) is 11.6 Å². The van der Waals surface area contributed by atoms with Crippen LogP contribution >= 0.6 is 0 Å². The van der Waals surface area contributed by atoms with Crippen LogP contribution < -0.4 is 0 Å². The molecule has 2 aromatic rings. The molecular weight excluding hydrogens is 293 g/mol. The zero-order chi connectivity index (χ0) is 16.0. The Morgan fingerprint density at radius 1 is 1.35 bits per heavy atom. The summed E-state index contributed by atoms with van der Waals surface area (Å²) >= 11 is 0. The maximum atomic E-state index is 13.5. The standard InChI is InChI=1S/C18H22FN3O/c1-12-10-21(6-7-22(12)14-3-4-14)11-18(23)16-9-20-17-5-2-13(19)8-15(16)17/h2,5,8-9,12,14,20H,3-4,6-7,10-11H2,1H3. The number of nitrogens with zero attached hydrogens (tertiary/aromatic N) is 2. The Morgan fingerprint density at radius 3 is 2.91 bits per heavy atom. The summed E-state index contributed by atoms with van der Waals surface area (Å²) in [6, 6.07) is 5.81. The number of hydrogen-bond acceptors (Lipinski definition) is 3. The second-order valence-electron chi connectivity index (χ2n) is 6.87. The molecule has 1 unspecified atom stereocenters. The molecule has 1 saturated heterocycles. The minimum absolute atomic E-state index is 0.0638. The Balaban J connectivity index is 1.46. The Bertz CT molecular complexity index is 737. The fourth-order valence-corrected chi connectivity index (χ4v) is 3.75. The van der Waals surface area contributed by atoms with Gasteiger partial charge in [-0.2, -0.15) is 0 Å². The highest BCUT2D eigenvalue weighted by Gasteiger charge is 2.35. The van der Waals surface area contributed by atoms with Crippen molar-refractivity contribution in [1.82, 2.24) is 14.8 Å². The van der Waals surface area contributed by atoms with Gasteiger partial charge in [-0.1, -0.05) is 0 Å². The summed E-state index contributed by atoms with van der Waals surface area (Å²) in [7, 11) is 0. The second-order valence-corrected chi connectivity index (χ2v) is 6.87. The van der Waals surface area contributed by atoms with Crippen LogP contribution in [0.5, 0.6) is 0 Å². The van der Waals surface area contributed by atoms with E-state index in [2.05, 4.69) is 21.7 Å². The van der Waals surface area contributed by atoms with Gasteiger partial charge < -0.3 is 4.98 Å². The molecule has 4 rings (SSSR count). The van der Waals surface area contributed by atoms with E-state index in [1.807, 2.05) is 0 Å². The number of rotatable bonds is 4. The first-order valence-electron chi connectivity index (χ1n) is 8.40. The van der Waals surface area contributed by atoms with Crippen LogP contribution in [-0.4, -0.2) is 58.8 Å². The average molecular weight is 315 g/mol. The summed E-state index contributed by atoms with van der Waals surface area (Å²) < 4.78 is 13.5. The molecule has 0 amide bonds. The number of aromatic amines is 1. The Labute approximate surface area is 135 Å². The number of hydrogen-bond donors (Lipinski definition) is 1. The number of carbonyl (C=O) groups excluding carboxylic acids is 1. The van der Waals surface area contributed by atoms with Gasteiger partial charge in [0.1, 0.15) is 5.82 Å². The predicted octanol–water partition coefficient (Wildman–Crippen LogP) is 2.66. The maximum Gasteiger partial charge on any atom is 0.178 e. The van der Waals surface area contributed by atoms with Crippen molar-refractivity contribution in [3.8, 4) is 0 Å². The largest absolute Gasteiger partial charge is 0.360 e. The lowest BCUT2D eigenvalue weighted by atomic mass is 10.1. The van der Waals surface area contributed by atoms with Gasteiger partial charge in [0, 0.05) is 54.4 Å². The fourth-order valence-electron chi connectivity index (χ4n) is 3.75. The van der Waals surface area contributed by atoms with Gasteiger partial charge in [-0.25, -0.2) is 4.39 Å². The number of H-pyrrole nitrogens is 1. The van der Waals surface area contributed by atoms with Gasteiger partial charge in [-0.15, -0.1) is 0 Å². The van der Waals surface area contributed by atoms with Crippen LogP contribution in [-0.2, 0) is 0 Å². The van der Waals surface area contributed by atoms with E-state index in [1.54, 1.807) is 12.3 Å². The number of Topliss-reactive ketones (excluding diaryl/α,β-unsaturated/α-hetero) is 1. The first kappa shape index (κ1) is 14.8. The van der Waals surface area contributed by atoms with Crippen molar-refractivity contribution in [3.05, 3.63) is 35.8 Å². The number of carbonyl (C=O) groups is 1. The van der Waals surface area contributed by atoms with Gasteiger partial charge in [0.25, 0.3) is 0 Å². The van der Waals surface area contributed by atoms with Gasteiger partial charge in [0.15, 0.2) is 5.78 Å². The summed E-state index contributed by atoms with van der Waals surface area (Å²) in [4.78, 5) is 20.5. The number of benzene rings is 1. The van der Waals surface area contributed by atoms with E-state index in [0.29, 0.717) is 23.5 Å². The lowest BCUT2D eigenvalue weighted by molar-refractivity contribution is 0.0669. The molecular formula is C18H22FN3O. The molecule has 23 heavy (non-hydrogen) atoms. The molecule has 122 valence electrons. The van der Waals surface area contributed by atoms with Crippen LogP contribution in [0.2, 0.25) is 0 Å². The van der Waals surface area contributed by atoms with Crippen molar-refractivity contribution in [2.45, 2.75) is 31.8 Å². The monoisotopic (exact) mass is 315 g/mol. The van der Waals surface area contributed by atoms with Gasteiger partial charge in [-0.05, 0) is 38.0 Å². The number of ketones is 1. The van der Waals surface area contributed by atoms with Crippen molar-refractivity contribution < 1.29 is 9.18 Å². The van der Waals surface area contributed by atoms with E-state index in [0.717, 1.165) is 31.2 Å². The van der Waals surface area contributed by atoms with Crippen molar-refractivity contribution in [2.24, 2.45) is 0 Å². The number of fused-ring (bicyclic) bond motifs is 1. The molecule has 5 heteroatoms. The number of halogens is 1. The lowest BCUT2D eigenvalue weighted by Crippen LogP contribution is -2.53. The predicted molar refractivity (Wildman–Crippen MR) is 88.2 cm³/mol. The third kappa shape index (κ3) is 2.91. The summed E-state index contributed by atoms with van der Waals surface area (Å²) in [5.74, 6) is -0.244. The van der Waals surface area contributed by atoms with Crippen LogP contribution in [0.4, 0.5) is 4.39 Å². The summed E-state index contributed by atoms with van der Waals surface area (Å²) in [5, 5.41) is 0.680. The molecule has 2 heterocycles. The highest BCUT2D eigenvalue weighted by molar-refractivity contribution is 6.08. The SMILES string of the molecule is CC1CN(CC(=O)c2c[nH]c3ccc(F)cc23)CCN1C1CC1. The zero-order valence-electron chi connectivity index (χ0n) is 13.4. The Hall–Kier alpha value is -1.72. The van der Waals surface area contributed by atoms with E-state index in [1.165, 1.54) is 25.0 Å². The van der Waals surface area contributed by atoms with Crippen LogP contribution in [0.3, 0.4) is 0 Å². The summed E-state index contributed by atoms with van der Waals surface area (Å²) in [5.41, 5.74) is 1.40.